The molecule has 1 N–H and O–H groups in total. The number of nitriles is 1. The molecule has 0 saturated heterocycles. The zero-order valence-corrected chi connectivity index (χ0v) is 11.3. The van der Waals surface area contributed by atoms with Crippen molar-refractivity contribution in [1.29, 1.82) is 5.26 Å². The van der Waals surface area contributed by atoms with E-state index in [2.05, 4.69) is 27.3 Å². The molecule has 0 spiro atoms. The molecule has 1 aliphatic rings. The van der Waals surface area contributed by atoms with Gasteiger partial charge < -0.3 is 10.1 Å². The number of nitrogens with one attached hydrogen (secondary N) is 1. The monoisotopic (exact) mass is 294 g/mol. The molecule has 0 radical (unpaired) electrons. The highest BCUT2D eigenvalue weighted by atomic mass is 79.9. The molecule has 0 aliphatic heterocycles. The van der Waals surface area contributed by atoms with Crippen LogP contribution in [0.4, 0.5) is 5.69 Å². The summed E-state index contributed by atoms with van der Waals surface area (Å²) in [4.78, 5) is 0. The highest BCUT2D eigenvalue weighted by Crippen LogP contribution is 2.35. The van der Waals surface area contributed by atoms with E-state index in [9.17, 15) is 0 Å². The maximum Gasteiger partial charge on any atom is 0.101 e. The van der Waals surface area contributed by atoms with Crippen LogP contribution < -0.4 is 5.32 Å². The lowest BCUT2D eigenvalue weighted by atomic mass is 10.1. The second kappa shape index (κ2) is 5.52. The fourth-order valence-electron chi connectivity index (χ4n) is 1.91. The van der Waals surface area contributed by atoms with Gasteiger partial charge in [0.2, 0.25) is 0 Å². The first kappa shape index (κ1) is 12.4. The summed E-state index contributed by atoms with van der Waals surface area (Å²) in [6.07, 6.45) is 2.49. The van der Waals surface area contributed by atoms with Crippen LogP contribution in [0.2, 0.25) is 0 Å². The molecule has 1 fully saturated rings. The Labute approximate surface area is 110 Å². The summed E-state index contributed by atoms with van der Waals surface area (Å²) in [7, 11) is 1.71. The zero-order valence-electron chi connectivity index (χ0n) is 9.74. The number of hydrogen-bond acceptors (Lipinski definition) is 3. The third kappa shape index (κ3) is 3.21. The zero-order chi connectivity index (χ0) is 12.3. The number of rotatable bonds is 5. The van der Waals surface area contributed by atoms with Gasteiger partial charge in [-0.05, 0) is 37.0 Å². The van der Waals surface area contributed by atoms with E-state index in [1.165, 1.54) is 12.8 Å². The fraction of sp³-hybridized carbons (Fsp3) is 0.462. The molecule has 1 aromatic rings. The molecule has 17 heavy (non-hydrogen) atoms. The number of methoxy groups -OCH3 is 1. The summed E-state index contributed by atoms with van der Waals surface area (Å²) in [6, 6.07) is 8.16. The minimum Gasteiger partial charge on any atom is -0.383 e. The van der Waals surface area contributed by atoms with Gasteiger partial charge in [0.25, 0.3) is 0 Å². The summed E-state index contributed by atoms with van der Waals surface area (Å²) < 4.78 is 6.20. The molecule has 1 atom stereocenters. The van der Waals surface area contributed by atoms with E-state index in [0.29, 0.717) is 24.1 Å². The molecule has 4 heteroatoms. The van der Waals surface area contributed by atoms with Crippen molar-refractivity contribution >= 4 is 21.6 Å². The number of hydrogen-bond donors (Lipinski definition) is 1. The summed E-state index contributed by atoms with van der Waals surface area (Å²) >= 11 is 3.43. The maximum atomic E-state index is 9.07. The normalized spacial score (nSPS) is 16.3. The molecular weight excluding hydrogens is 280 g/mol. The standard InChI is InChI=1S/C13H15BrN2O/c1-17-8-13(9-2-3-9)16-12-6-11(14)5-4-10(12)7-15/h4-6,9,13,16H,2-3,8H2,1H3. The molecule has 90 valence electrons. The average Bonchev–Trinajstić information content (AvgIpc) is 3.13. The van der Waals surface area contributed by atoms with Gasteiger partial charge in [-0.1, -0.05) is 15.9 Å². The Kier molecular flexibility index (Phi) is 4.03. The topological polar surface area (TPSA) is 45.0 Å². The number of nitrogens with zero attached hydrogens (tertiary/aromatic N) is 1. The van der Waals surface area contributed by atoms with Gasteiger partial charge in [-0.25, -0.2) is 0 Å². The molecule has 1 saturated carbocycles. The van der Waals surface area contributed by atoms with Gasteiger partial charge in [0.15, 0.2) is 0 Å². The Morgan fingerprint density at radius 3 is 2.94 bits per heavy atom. The molecule has 1 unspecified atom stereocenters. The summed E-state index contributed by atoms with van der Waals surface area (Å²) in [5, 5.41) is 12.5. The van der Waals surface area contributed by atoms with Crippen LogP contribution in [0, 0.1) is 17.2 Å². The summed E-state index contributed by atoms with van der Waals surface area (Å²) in [5.74, 6) is 0.681. The van der Waals surface area contributed by atoms with Crippen LogP contribution in [0.25, 0.3) is 0 Å². The third-order valence-electron chi connectivity index (χ3n) is 2.98. The molecule has 3 nitrogen and oxygen atoms in total. The first-order chi connectivity index (χ1) is 8.24. The average molecular weight is 295 g/mol. The van der Waals surface area contributed by atoms with E-state index in [-0.39, 0.29) is 0 Å². The van der Waals surface area contributed by atoms with Gasteiger partial charge in [-0.2, -0.15) is 5.26 Å². The summed E-state index contributed by atoms with van der Waals surface area (Å²) in [5.41, 5.74) is 1.56. The molecule has 1 aromatic carbocycles. The van der Waals surface area contributed by atoms with E-state index in [1.54, 1.807) is 7.11 Å². The van der Waals surface area contributed by atoms with Crippen molar-refractivity contribution in [2.24, 2.45) is 5.92 Å². The third-order valence-corrected chi connectivity index (χ3v) is 3.47. The fourth-order valence-corrected chi connectivity index (χ4v) is 2.27. The molecular formula is C13H15BrN2O. The van der Waals surface area contributed by atoms with Gasteiger partial charge in [-0.15, -0.1) is 0 Å². The van der Waals surface area contributed by atoms with E-state index in [0.717, 1.165) is 10.2 Å². The van der Waals surface area contributed by atoms with E-state index < -0.39 is 0 Å². The predicted octanol–water partition coefficient (Wildman–Crippen LogP) is 3.16. The Balaban J connectivity index is 2.15. The number of benzene rings is 1. The van der Waals surface area contributed by atoms with Crippen molar-refractivity contribution in [2.75, 3.05) is 19.0 Å². The van der Waals surface area contributed by atoms with Crippen molar-refractivity contribution in [3.05, 3.63) is 28.2 Å². The van der Waals surface area contributed by atoms with Crippen molar-refractivity contribution in [2.45, 2.75) is 18.9 Å². The molecule has 2 rings (SSSR count). The molecule has 0 amide bonds. The van der Waals surface area contributed by atoms with E-state index in [4.69, 9.17) is 10.00 Å². The van der Waals surface area contributed by atoms with Crippen molar-refractivity contribution in [1.82, 2.24) is 0 Å². The SMILES string of the molecule is COCC(Nc1cc(Br)ccc1C#N)C1CC1. The quantitative estimate of drug-likeness (QED) is 0.907. The van der Waals surface area contributed by atoms with Gasteiger partial charge in [-0.3, -0.25) is 0 Å². The largest absolute Gasteiger partial charge is 0.383 e. The van der Waals surface area contributed by atoms with Crippen LogP contribution >= 0.6 is 15.9 Å². The lowest BCUT2D eigenvalue weighted by Crippen LogP contribution is -2.27. The smallest absolute Gasteiger partial charge is 0.101 e. The minimum absolute atomic E-state index is 0.307. The minimum atomic E-state index is 0.307. The highest BCUT2D eigenvalue weighted by molar-refractivity contribution is 9.10. The van der Waals surface area contributed by atoms with Crippen LogP contribution in [-0.2, 0) is 4.74 Å². The van der Waals surface area contributed by atoms with Crippen LogP contribution in [-0.4, -0.2) is 19.8 Å². The number of halogens is 1. The molecule has 0 aromatic heterocycles. The second-order valence-corrected chi connectivity index (χ2v) is 5.26. The van der Waals surface area contributed by atoms with Gasteiger partial charge in [0.05, 0.1) is 23.9 Å². The number of anilines is 1. The van der Waals surface area contributed by atoms with Gasteiger partial charge >= 0.3 is 0 Å². The lowest BCUT2D eigenvalue weighted by molar-refractivity contribution is 0.179. The van der Waals surface area contributed by atoms with Crippen molar-refractivity contribution in [3.8, 4) is 6.07 Å². The van der Waals surface area contributed by atoms with E-state index >= 15 is 0 Å². The molecule has 1 aliphatic carbocycles. The molecule has 0 bridgehead atoms. The van der Waals surface area contributed by atoms with Crippen LogP contribution in [0.1, 0.15) is 18.4 Å². The van der Waals surface area contributed by atoms with Gasteiger partial charge in [0, 0.05) is 11.6 Å². The molecule has 0 heterocycles. The van der Waals surface area contributed by atoms with Crippen LogP contribution in [0.5, 0.6) is 0 Å². The van der Waals surface area contributed by atoms with E-state index in [1.807, 2.05) is 18.2 Å². The first-order valence-electron chi connectivity index (χ1n) is 5.69. The predicted molar refractivity (Wildman–Crippen MR) is 70.9 cm³/mol. The van der Waals surface area contributed by atoms with Crippen molar-refractivity contribution in [3.63, 3.8) is 0 Å². The first-order valence-corrected chi connectivity index (χ1v) is 6.49. The second-order valence-electron chi connectivity index (χ2n) is 4.35. The lowest BCUT2D eigenvalue weighted by Gasteiger charge is -2.19. The Morgan fingerprint density at radius 2 is 2.35 bits per heavy atom. The van der Waals surface area contributed by atoms with Crippen LogP contribution in [0.15, 0.2) is 22.7 Å². The number of ether oxygens (including phenoxy) is 1. The Morgan fingerprint density at radius 1 is 1.59 bits per heavy atom. The van der Waals surface area contributed by atoms with Crippen molar-refractivity contribution < 1.29 is 4.74 Å². The Hall–Kier alpha value is -1.05. The summed E-state index contributed by atoms with van der Waals surface area (Å²) in [6.45, 7) is 0.683. The maximum absolute atomic E-state index is 9.07. The Bertz CT molecular complexity index is 438. The highest BCUT2D eigenvalue weighted by Gasteiger charge is 2.31. The van der Waals surface area contributed by atoms with Crippen LogP contribution in [0.3, 0.4) is 0 Å². The van der Waals surface area contributed by atoms with Gasteiger partial charge in [0.1, 0.15) is 6.07 Å².